The minimum Gasteiger partial charge on any atom is -0.465 e. The van der Waals surface area contributed by atoms with Gasteiger partial charge in [0.2, 0.25) is 0 Å². The van der Waals surface area contributed by atoms with Crippen LogP contribution in [0.5, 0.6) is 0 Å². The van der Waals surface area contributed by atoms with Crippen LogP contribution in [0.1, 0.15) is 26.7 Å². The largest absolute Gasteiger partial charge is 2.00 e. The van der Waals surface area contributed by atoms with E-state index in [0.29, 0.717) is 26.1 Å². The molecule has 0 heterocycles. The van der Waals surface area contributed by atoms with E-state index in [-0.39, 0.29) is 49.7 Å². The number of carbonyl (C=O) groups excluding carboxylic acids is 2. The van der Waals surface area contributed by atoms with Crippen molar-refractivity contribution in [1.29, 1.82) is 0 Å². The van der Waals surface area contributed by atoms with E-state index in [1.807, 2.05) is 0 Å². The summed E-state index contributed by atoms with van der Waals surface area (Å²) < 4.78 is 18.2. The Kier molecular flexibility index (Phi) is 30.0. The van der Waals surface area contributed by atoms with Gasteiger partial charge in [-0.25, -0.2) is 14.2 Å². The molecule has 0 saturated heterocycles. The van der Waals surface area contributed by atoms with Crippen LogP contribution in [0.2, 0.25) is 0 Å². The van der Waals surface area contributed by atoms with Crippen LogP contribution >= 0.6 is 7.82 Å². The molecule has 0 radical (unpaired) electrons. The second-order valence-corrected chi connectivity index (χ2v) is 4.58. The van der Waals surface area contributed by atoms with Crippen molar-refractivity contribution < 1.29 is 38.3 Å². The van der Waals surface area contributed by atoms with E-state index in [0.717, 1.165) is 0 Å². The van der Waals surface area contributed by atoms with Gasteiger partial charge in [0.25, 0.3) is 0 Å². The maximum Gasteiger partial charge on any atom is 2.00 e. The molecular formula is C14H25CaO8P. The van der Waals surface area contributed by atoms with Crippen molar-refractivity contribution in [3.63, 3.8) is 0 Å². The third kappa shape index (κ3) is 49.5. The van der Waals surface area contributed by atoms with Crippen LogP contribution in [-0.4, -0.2) is 77.6 Å². The van der Waals surface area contributed by atoms with E-state index in [9.17, 15) is 9.59 Å². The zero-order valence-corrected chi connectivity index (χ0v) is 17.2. The van der Waals surface area contributed by atoms with E-state index in [1.165, 1.54) is 12.2 Å². The molecule has 0 aromatic heterocycles. The summed E-state index contributed by atoms with van der Waals surface area (Å²) in [4.78, 5) is 42.5. The van der Waals surface area contributed by atoms with Crippen LogP contribution in [0.25, 0.3) is 0 Å². The molecule has 0 aromatic rings. The monoisotopic (exact) mass is 392 g/mol. The number of hydrogen-bond donors (Lipinski definition) is 3. The van der Waals surface area contributed by atoms with Gasteiger partial charge in [0, 0.05) is 12.2 Å². The number of hydrogen-bond acceptors (Lipinski definition) is 5. The predicted molar refractivity (Wildman–Crippen MR) is 91.5 cm³/mol. The molecule has 0 spiro atoms. The molecule has 136 valence electrons. The number of carbonyl (C=O) groups is 2. The summed E-state index contributed by atoms with van der Waals surface area (Å²) in [6.07, 6.45) is 7.31. The van der Waals surface area contributed by atoms with Gasteiger partial charge in [-0.1, -0.05) is 12.2 Å². The zero-order valence-electron chi connectivity index (χ0n) is 14.1. The number of allylic oxidation sites excluding steroid dienone is 2. The fraction of sp³-hybridized carbons (Fsp3) is 0.429. The standard InChI is InChI=1S/2C7H11O2.Ca.H3O4P/c2*1-3-5-7(8)9-6-4-2;;1-5(2,3)4/h2*3,5H,2,4,6H2,1H3;;(H3,1,2,3,4)/q2*-1;+2;. The molecule has 0 aromatic carbocycles. The van der Waals surface area contributed by atoms with E-state index >= 15 is 0 Å². The third-order valence-corrected chi connectivity index (χ3v) is 1.38. The van der Waals surface area contributed by atoms with E-state index in [4.69, 9.17) is 19.2 Å². The van der Waals surface area contributed by atoms with E-state index in [1.54, 1.807) is 26.0 Å². The second-order valence-electron chi connectivity index (χ2n) is 3.56. The number of phosphoric acid groups is 1. The van der Waals surface area contributed by atoms with E-state index in [2.05, 4.69) is 23.3 Å². The summed E-state index contributed by atoms with van der Waals surface area (Å²) in [5.41, 5.74) is 0. The molecule has 0 bridgehead atoms. The molecule has 0 fully saturated rings. The van der Waals surface area contributed by atoms with Crippen LogP contribution in [0.15, 0.2) is 24.3 Å². The van der Waals surface area contributed by atoms with Gasteiger partial charge in [-0.2, -0.15) is 0 Å². The Morgan fingerprint density at radius 3 is 1.33 bits per heavy atom. The summed E-state index contributed by atoms with van der Waals surface area (Å²) in [6, 6.07) is 0. The molecule has 24 heavy (non-hydrogen) atoms. The van der Waals surface area contributed by atoms with Crippen molar-refractivity contribution in [2.24, 2.45) is 0 Å². The Labute approximate surface area is 173 Å². The number of ether oxygens (including phenoxy) is 2. The van der Waals surface area contributed by atoms with Crippen molar-refractivity contribution >= 4 is 57.5 Å². The fourth-order valence-corrected chi connectivity index (χ4v) is 0.714. The topological polar surface area (TPSA) is 130 Å². The van der Waals surface area contributed by atoms with Gasteiger partial charge < -0.3 is 38.0 Å². The van der Waals surface area contributed by atoms with Gasteiger partial charge in [-0.3, -0.25) is 0 Å². The third-order valence-electron chi connectivity index (χ3n) is 1.38. The van der Waals surface area contributed by atoms with Gasteiger partial charge in [0.1, 0.15) is 0 Å². The smallest absolute Gasteiger partial charge is 0.465 e. The summed E-state index contributed by atoms with van der Waals surface area (Å²) >= 11 is 0. The average Bonchev–Trinajstić information content (AvgIpc) is 2.42. The summed E-state index contributed by atoms with van der Waals surface area (Å²) in [7, 11) is -4.64. The molecular weight excluding hydrogens is 367 g/mol. The van der Waals surface area contributed by atoms with Crippen molar-refractivity contribution in [3.05, 3.63) is 38.2 Å². The molecule has 0 amide bonds. The Morgan fingerprint density at radius 1 is 0.917 bits per heavy atom. The number of rotatable bonds is 6. The Morgan fingerprint density at radius 2 is 1.17 bits per heavy atom. The molecule has 3 N–H and O–H groups in total. The summed E-state index contributed by atoms with van der Waals surface area (Å²) in [6.45, 7) is 11.4. The molecule has 0 atom stereocenters. The Hall–Kier alpha value is -0.210. The maximum absolute atomic E-state index is 10.5. The molecule has 10 heteroatoms. The first-order valence-electron chi connectivity index (χ1n) is 6.58. The molecule has 0 aliphatic rings. The van der Waals surface area contributed by atoms with Crippen LogP contribution in [0, 0.1) is 13.8 Å². The maximum atomic E-state index is 10.5. The van der Waals surface area contributed by atoms with Crippen LogP contribution in [0.3, 0.4) is 0 Å². The van der Waals surface area contributed by atoms with Gasteiger partial charge in [-0.15, -0.1) is 12.8 Å². The van der Waals surface area contributed by atoms with Crippen molar-refractivity contribution in [2.75, 3.05) is 13.2 Å². The first kappa shape index (κ1) is 31.5. The molecule has 0 saturated carbocycles. The van der Waals surface area contributed by atoms with Crippen LogP contribution in [0.4, 0.5) is 0 Å². The van der Waals surface area contributed by atoms with Crippen molar-refractivity contribution in [3.8, 4) is 0 Å². The predicted octanol–water partition coefficient (Wildman–Crippen LogP) is 1.35. The Bertz CT molecular complexity index is 367. The van der Waals surface area contributed by atoms with Crippen LogP contribution in [-0.2, 0) is 23.6 Å². The van der Waals surface area contributed by atoms with Crippen LogP contribution < -0.4 is 0 Å². The first-order chi connectivity index (χ1) is 10.6. The van der Waals surface area contributed by atoms with Gasteiger partial charge in [0.15, 0.2) is 0 Å². The molecule has 8 nitrogen and oxygen atoms in total. The van der Waals surface area contributed by atoms with E-state index < -0.39 is 7.82 Å². The average molecular weight is 392 g/mol. The normalized spacial score (nSPS) is 9.96. The van der Waals surface area contributed by atoms with Crippen molar-refractivity contribution in [2.45, 2.75) is 26.7 Å². The second kappa shape index (κ2) is 22.8. The quantitative estimate of drug-likeness (QED) is 0.203. The number of esters is 2. The summed E-state index contributed by atoms with van der Waals surface area (Å²) in [5, 5.41) is 0. The van der Waals surface area contributed by atoms with Gasteiger partial charge in [0.05, 0.1) is 13.2 Å². The first-order valence-corrected chi connectivity index (χ1v) is 8.14. The molecule has 0 unspecified atom stereocenters. The SMILES string of the molecule is O=P(O)(O)O.[CH2-]CCOC(=O)C=CC.[CH2-]CCOC(=O)C=CC.[Ca+2]. The molecule has 0 aliphatic carbocycles. The fourth-order valence-electron chi connectivity index (χ4n) is 0.714. The van der Waals surface area contributed by atoms with Gasteiger partial charge in [-0.05, 0) is 13.8 Å². The molecule has 0 aliphatic heterocycles. The minimum absolute atomic E-state index is 0. The van der Waals surface area contributed by atoms with Gasteiger partial charge >= 0.3 is 57.5 Å². The zero-order chi connectivity index (χ0) is 18.7. The molecule has 0 rings (SSSR count). The van der Waals surface area contributed by atoms with Crippen molar-refractivity contribution in [1.82, 2.24) is 0 Å². The minimum atomic E-state index is -4.64. The Balaban J connectivity index is -0.000000128. The summed E-state index contributed by atoms with van der Waals surface area (Å²) in [5.74, 6) is -0.581.